The van der Waals surface area contributed by atoms with Crippen molar-refractivity contribution in [1.82, 2.24) is 10.6 Å². The Labute approximate surface area is 125 Å². The van der Waals surface area contributed by atoms with E-state index in [-0.39, 0.29) is 11.9 Å². The van der Waals surface area contributed by atoms with Gasteiger partial charge in [-0.15, -0.1) is 0 Å². The summed E-state index contributed by atoms with van der Waals surface area (Å²) in [5.74, 6) is 0.891. The summed E-state index contributed by atoms with van der Waals surface area (Å²) in [5.41, 5.74) is 0.527. The molecule has 1 aromatic rings. The Morgan fingerprint density at radius 3 is 2.60 bits per heavy atom. The van der Waals surface area contributed by atoms with Crippen molar-refractivity contribution in [2.75, 3.05) is 6.61 Å². The topological polar surface area (TPSA) is 50.4 Å². The molecule has 0 spiro atoms. The maximum atomic E-state index is 12.0. The van der Waals surface area contributed by atoms with Gasteiger partial charge in [-0.3, -0.25) is 10.1 Å². The van der Waals surface area contributed by atoms with Gasteiger partial charge in [-0.2, -0.15) is 0 Å². The van der Waals surface area contributed by atoms with Crippen LogP contribution in [0.25, 0.3) is 0 Å². The van der Waals surface area contributed by atoms with E-state index in [2.05, 4.69) is 24.5 Å². The molecule has 0 radical (unpaired) electrons. The van der Waals surface area contributed by atoms with Crippen LogP contribution in [0.5, 0.6) is 5.75 Å². The molecule has 0 heterocycles. The second-order valence-electron chi connectivity index (χ2n) is 5.31. The SMILES string of the molecule is CC(C)COc1cccc(C(=O)NC(=S)NC(C)C)c1. The Balaban J connectivity index is 2.64. The molecule has 1 amide bonds. The normalized spacial score (nSPS) is 10.5. The van der Waals surface area contributed by atoms with Gasteiger partial charge in [0.1, 0.15) is 5.75 Å². The van der Waals surface area contributed by atoms with E-state index in [0.29, 0.717) is 29.0 Å². The van der Waals surface area contributed by atoms with Crippen molar-refractivity contribution < 1.29 is 9.53 Å². The van der Waals surface area contributed by atoms with Crippen LogP contribution in [0.4, 0.5) is 0 Å². The fraction of sp³-hybridized carbons (Fsp3) is 0.467. The summed E-state index contributed by atoms with van der Waals surface area (Å²) in [6.45, 7) is 8.69. The van der Waals surface area contributed by atoms with Gasteiger partial charge in [0.05, 0.1) is 6.61 Å². The number of thiocarbonyl (C=S) groups is 1. The first-order valence-corrected chi connectivity index (χ1v) is 7.14. The van der Waals surface area contributed by atoms with Crippen LogP contribution in [-0.2, 0) is 0 Å². The van der Waals surface area contributed by atoms with Crippen LogP contribution < -0.4 is 15.4 Å². The Morgan fingerprint density at radius 1 is 1.30 bits per heavy atom. The average Bonchev–Trinajstić information content (AvgIpc) is 2.35. The summed E-state index contributed by atoms with van der Waals surface area (Å²) in [6.07, 6.45) is 0. The van der Waals surface area contributed by atoms with Crippen molar-refractivity contribution in [2.24, 2.45) is 5.92 Å². The Bertz CT molecular complexity index is 473. The number of hydrogen-bond donors (Lipinski definition) is 2. The van der Waals surface area contributed by atoms with Gasteiger partial charge in [0.15, 0.2) is 5.11 Å². The molecule has 0 bridgehead atoms. The van der Waals surface area contributed by atoms with Gasteiger partial charge in [-0.05, 0) is 50.2 Å². The quantitative estimate of drug-likeness (QED) is 0.820. The number of amides is 1. The molecule has 0 aliphatic carbocycles. The third-order valence-corrected chi connectivity index (χ3v) is 2.55. The summed E-state index contributed by atoms with van der Waals surface area (Å²) >= 11 is 5.05. The molecule has 110 valence electrons. The van der Waals surface area contributed by atoms with Crippen molar-refractivity contribution in [3.63, 3.8) is 0 Å². The Kier molecular flexibility index (Phi) is 6.45. The highest BCUT2D eigenvalue weighted by molar-refractivity contribution is 7.80. The van der Waals surface area contributed by atoms with Crippen LogP contribution in [0.2, 0.25) is 0 Å². The van der Waals surface area contributed by atoms with Crippen LogP contribution in [-0.4, -0.2) is 23.7 Å². The Morgan fingerprint density at radius 2 is 2.00 bits per heavy atom. The van der Waals surface area contributed by atoms with E-state index in [1.54, 1.807) is 18.2 Å². The van der Waals surface area contributed by atoms with Gasteiger partial charge >= 0.3 is 0 Å². The number of hydrogen-bond acceptors (Lipinski definition) is 3. The maximum absolute atomic E-state index is 12.0. The van der Waals surface area contributed by atoms with Crippen LogP contribution in [0.15, 0.2) is 24.3 Å². The van der Waals surface area contributed by atoms with Gasteiger partial charge in [0.25, 0.3) is 5.91 Å². The summed E-state index contributed by atoms with van der Waals surface area (Å²) in [4.78, 5) is 12.0. The third kappa shape index (κ3) is 6.02. The third-order valence-electron chi connectivity index (χ3n) is 2.33. The van der Waals surface area contributed by atoms with E-state index in [4.69, 9.17) is 17.0 Å². The van der Waals surface area contributed by atoms with Crippen LogP contribution >= 0.6 is 12.2 Å². The van der Waals surface area contributed by atoms with E-state index in [0.717, 1.165) is 0 Å². The molecule has 0 atom stereocenters. The number of benzene rings is 1. The first-order valence-electron chi connectivity index (χ1n) is 6.73. The minimum absolute atomic E-state index is 0.184. The molecule has 2 N–H and O–H groups in total. The molecular weight excluding hydrogens is 272 g/mol. The molecule has 0 aromatic heterocycles. The first-order chi connectivity index (χ1) is 9.38. The van der Waals surface area contributed by atoms with Gasteiger partial charge in [0, 0.05) is 11.6 Å². The molecule has 20 heavy (non-hydrogen) atoms. The van der Waals surface area contributed by atoms with Crippen LogP contribution in [0.1, 0.15) is 38.1 Å². The molecule has 1 rings (SSSR count). The Hall–Kier alpha value is -1.62. The molecule has 0 saturated heterocycles. The van der Waals surface area contributed by atoms with E-state index >= 15 is 0 Å². The molecule has 4 nitrogen and oxygen atoms in total. The summed E-state index contributed by atoms with van der Waals surface area (Å²) in [7, 11) is 0. The fourth-order valence-electron chi connectivity index (χ4n) is 1.46. The first kappa shape index (κ1) is 16.4. The van der Waals surface area contributed by atoms with Crippen molar-refractivity contribution in [1.29, 1.82) is 0 Å². The zero-order valence-corrected chi connectivity index (χ0v) is 13.2. The molecule has 1 aromatic carbocycles. The highest BCUT2D eigenvalue weighted by Crippen LogP contribution is 2.14. The van der Waals surface area contributed by atoms with E-state index in [1.165, 1.54) is 0 Å². The molecule has 0 aliphatic heterocycles. The standard InChI is InChI=1S/C15H22N2O2S/c1-10(2)9-19-13-7-5-6-12(8-13)14(18)17-15(20)16-11(3)4/h5-8,10-11H,9H2,1-4H3,(H2,16,17,18,20). The highest BCUT2D eigenvalue weighted by atomic mass is 32.1. The number of rotatable bonds is 5. The lowest BCUT2D eigenvalue weighted by Gasteiger charge is -2.13. The predicted octanol–water partition coefficient (Wildman–Crippen LogP) is 2.73. The van der Waals surface area contributed by atoms with Crippen molar-refractivity contribution in [3.8, 4) is 5.75 Å². The smallest absolute Gasteiger partial charge is 0.257 e. The zero-order chi connectivity index (χ0) is 15.1. The van der Waals surface area contributed by atoms with Crippen LogP contribution in [0, 0.1) is 5.92 Å². The highest BCUT2D eigenvalue weighted by Gasteiger charge is 2.09. The van der Waals surface area contributed by atoms with E-state index in [9.17, 15) is 4.79 Å². The minimum atomic E-state index is -0.238. The molecular formula is C15H22N2O2S. The molecule has 0 saturated carbocycles. The lowest BCUT2D eigenvalue weighted by molar-refractivity contribution is 0.0976. The summed E-state index contributed by atoms with van der Waals surface area (Å²) in [5, 5.41) is 5.94. The number of ether oxygens (including phenoxy) is 1. The molecule has 5 heteroatoms. The number of carbonyl (C=O) groups excluding carboxylic acids is 1. The molecule has 0 unspecified atom stereocenters. The van der Waals surface area contributed by atoms with E-state index < -0.39 is 0 Å². The van der Waals surface area contributed by atoms with Crippen molar-refractivity contribution >= 4 is 23.2 Å². The molecule has 0 fully saturated rings. The van der Waals surface area contributed by atoms with Gasteiger partial charge in [-0.25, -0.2) is 0 Å². The lowest BCUT2D eigenvalue weighted by Crippen LogP contribution is -2.42. The fourth-order valence-corrected chi connectivity index (χ4v) is 1.79. The monoisotopic (exact) mass is 294 g/mol. The van der Waals surface area contributed by atoms with E-state index in [1.807, 2.05) is 19.9 Å². The second kappa shape index (κ2) is 7.85. The minimum Gasteiger partial charge on any atom is -0.493 e. The molecule has 0 aliphatic rings. The van der Waals surface area contributed by atoms with Gasteiger partial charge in [-0.1, -0.05) is 19.9 Å². The average molecular weight is 294 g/mol. The zero-order valence-electron chi connectivity index (χ0n) is 12.4. The number of nitrogens with one attached hydrogen (secondary N) is 2. The van der Waals surface area contributed by atoms with Gasteiger partial charge < -0.3 is 10.1 Å². The van der Waals surface area contributed by atoms with Crippen molar-refractivity contribution in [3.05, 3.63) is 29.8 Å². The maximum Gasteiger partial charge on any atom is 0.257 e. The van der Waals surface area contributed by atoms with Crippen molar-refractivity contribution in [2.45, 2.75) is 33.7 Å². The second-order valence-corrected chi connectivity index (χ2v) is 5.72. The lowest BCUT2D eigenvalue weighted by atomic mass is 10.2. The summed E-state index contributed by atoms with van der Waals surface area (Å²) < 4.78 is 5.60. The summed E-state index contributed by atoms with van der Waals surface area (Å²) in [6, 6.07) is 7.27. The predicted molar refractivity (Wildman–Crippen MR) is 85.1 cm³/mol. The number of carbonyl (C=O) groups is 1. The largest absolute Gasteiger partial charge is 0.493 e. The van der Waals surface area contributed by atoms with Crippen LogP contribution in [0.3, 0.4) is 0 Å². The van der Waals surface area contributed by atoms with Gasteiger partial charge in [0.2, 0.25) is 0 Å².